The zero-order valence-electron chi connectivity index (χ0n) is 5.18. The summed E-state index contributed by atoms with van der Waals surface area (Å²) >= 11 is 0. The highest BCUT2D eigenvalue weighted by Gasteiger charge is 1.87. The van der Waals surface area contributed by atoms with E-state index in [0.717, 1.165) is 5.57 Å². The van der Waals surface area contributed by atoms with Crippen molar-refractivity contribution in [2.75, 3.05) is 19.8 Å². The third-order valence-electron chi connectivity index (χ3n) is 0.734. The van der Waals surface area contributed by atoms with Gasteiger partial charge < -0.3 is 9.84 Å². The predicted octanol–water partition coefficient (Wildman–Crippen LogP) is 0.571. The molecule has 0 radical (unpaired) electrons. The van der Waals surface area contributed by atoms with Crippen molar-refractivity contribution in [3.05, 3.63) is 12.2 Å². The first-order valence-electron chi connectivity index (χ1n) is 2.66. The number of rotatable bonds is 4. The van der Waals surface area contributed by atoms with Gasteiger partial charge in [0.25, 0.3) is 0 Å². The largest absolute Gasteiger partial charge is 0.392 e. The molecule has 48 valence electrons. The van der Waals surface area contributed by atoms with E-state index in [9.17, 15) is 0 Å². The number of hydrogen-bond donors (Lipinski definition) is 1. The van der Waals surface area contributed by atoms with E-state index in [1.807, 2.05) is 6.92 Å². The molecule has 0 bridgehead atoms. The second-order valence-electron chi connectivity index (χ2n) is 1.55. The molecule has 2 nitrogen and oxygen atoms in total. The highest BCUT2D eigenvalue weighted by atomic mass is 16.5. The second kappa shape index (κ2) is 4.81. The normalized spacial score (nSPS) is 9.25. The lowest BCUT2D eigenvalue weighted by molar-refractivity contribution is 0.160. The van der Waals surface area contributed by atoms with E-state index >= 15 is 0 Å². The van der Waals surface area contributed by atoms with Crippen LogP contribution in [-0.4, -0.2) is 24.9 Å². The molecular formula is C6H12O2. The molecule has 0 heterocycles. The summed E-state index contributed by atoms with van der Waals surface area (Å²) in [5.74, 6) is 0. The van der Waals surface area contributed by atoms with Gasteiger partial charge in [-0.3, -0.25) is 0 Å². The average molecular weight is 116 g/mol. The summed E-state index contributed by atoms with van der Waals surface area (Å²) < 4.78 is 4.93. The fourth-order valence-electron chi connectivity index (χ4n) is 0.292. The van der Waals surface area contributed by atoms with Crippen LogP contribution in [0.1, 0.15) is 6.92 Å². The Hall–Kier alpha value is -0.340. The Balaban J connectivity index is 2.99. The van der Waals surface area contributed by atoms with Gasteiger partial charge in [0, 0.05) is 6.61 Å². The number of ether oxygens (including phenoxy) is 1. The van der Waals surface area contributed by atoms with Crippen LogP contribution < -0.4 is 0 Å². The first kappa shape index (κ1) is 7.66. The van der Waals surface area contributed by atoms with Crippen molar-refractivity contribution in [2.24, 2.45) is 0 Å². The van der Waals surface area contributed by atoms with E-state index in [1.165, 1.54) is 0 Å². The van der Waals surface area contributed by atoms with E-state index in [4.69, 9.17) is 9.84 Å². The molecule has 0 aromatic rings. The minimum Gasteiger partial charge on any atom is -0.392 e. The van der Waals surface area contributed by atoms with E-state index in [0.29, 0.717) is 13.2 Å². The van der Waals surface area contributed by atoms with Crippen molar-refractivity contribution in [1.82, 2.24) is 0 Å². The van der Waals surface area contributed by atoms with Crippen LogP contribution in [-0.2, 0) is 4.74 Å². The summed E-state index contributed by atoms with van der Waals surface area (Å²) in [6.45, 7) is 6.63. The van der Waals surface area contributed by atoms with Crippen molar-refractivity contribution in [3.63, 3.8) is 0 Å². The van der Waals surface area contributed by atoms with Gasteiger partial charge in [0.2, 0.25) is 0 Å². The van der Waals surface area contributed by atoms with E-state index < -0.39 is 0 Å². The van der Waals surface area contributed by atoms with E-state index in [-0.39, 0.29) is 6.61 Å². The molecule has 0 saturated heterocycles. The molecule has 0 aliphatic rings. The quantitative estimate of drug-likeness (QED) is 0.544. The summed E-state index contributed by atoms with van der Waals surface area (Å²) in [7, 11) is 0. The molecule has 0 fully saturated rings. The van der Waals surface area contributed by atoms with Gasteiger partial charge in [-0.1, -0.05) is 6.58 Å². The Morgan fingerprint density at radius 2 is 2.38 bits per heavy atom. The van der Waals surface area contributed by atoms with E-state index in [2.05, 4.69) is 6.58 Å². The van der Waals surface area contributed by atoms with Crippen LogP contribution in [0.25, 0.3) is 0 Å². The molecule has 0 aliphatic carbocycles. The Kier molecular flexibility index (Phi) is 4.61. The molecule has 0 rings (SSSR count). The number of aliphatic hydroxyl groups is 1. The molecule has 0 spiro atoms. The van der Waals surface area contributed by atoms with Gasteiger partial charge in [-0.25, -0.2) is 0 Å². The zero-order valence-corrected chi connectivity index (χ0v) is 5.18. The van der Waals surface area contributed by atoms with Crippen molar-refractivity contribution < 1.29 is 9.84 Å². The van der Waals surface area contributed by atoms with Gasteiger partial charge in [0.05, 0.1) is 13.2 Å². The monoisotopic (exact) mass is 116 g/mol. The van der Waals surface area contributed by atoms with E-state index in [1.54, 1.807) is 0 Å². The number of hydrogen-bond acceptors (Lipinski definition) is 2. The van der Waals surface area contributed by atoms with Crippen molar-refractivity contribution in [2.45, 2.75) is 6.92 Å². The standard InChI is InChI=1S/C6H12O2/c1-3-8-5-6(2)4-7/h7H,2-5H2,1H3. The molecule has 0 aromatic heterocycles. The minimum atomic E-state index is 0.0278. The third kappa shape index (κ3) is 3.84. The Bertz CT molecular complexity index is 68.9. The Morgan fingerprint density at radius 3 is 2.75 bits per heavy atom. The fourth-order valence-corrected chi connectivity index (χ4v) is 0.292. The summed E-state index contributed by atoms with van der Waals surface area (Å²) in [4.78, 5) is 0. The predicted molar refractivity (Wildman–Crippen MR) is 32.7 cm³/mol. The minimum absolute atomic E-state index is 0.0278. The second-order valence-corrected chi connectivity index (χ2v) is 1.55. The highest BCUT2D eigenvalue weighted by molar-refractivity contribution is 4.93. The highest BCUT2D eigenvalue weighted by Crippen LogP contribution is 1.87. The molecule has 0 unspecified atom stereocenters. The molecule has 0 saturated carbocycles. The molecular weight excluding hydrogens is 104 g/mol. The first-order valence-corrected chi connectivity index (χ1v) is 2.66. The van der Waals surface area contributed by atoms with Crippen molar-refractivity contribution >= 4 is 0 Å². The average Bonchev–Trinajstić information content (AvgIpc) is 1.83. The molecule has 0 atom stereocenters. The Labute approximate surface area is 49.8 Å². The van der Waals surface area contributed by atoms with Crippen LogP contribution in [0.2, 0.25) is 0 Å². The maximum Gasteiger partial charge on any atom is 0.0696 e. The summed E-state index contributed by atoms with van der Waals surface area (Å²) in [6, 6.07) is 0. The SMILES string of the molecule is C=C(CO)COCC. The van der Waals surface area contributed by atoms with Crippen LogP contribution >= 0.6 is 0 Å². The van der Waals surface area contributed by atoms with Crippen molar-refractivity contribution in [1.29, 1.82) is 0 Å². The molecule has 2 heteroatoms. The maximum atomic E-state index is 8.38. The van der Waals surface area contributed by atoms with Crippen LogP contribution in [0.15, 0.2) is 12.2 Å². The smallest absolute Gasteiger partial charge is 0.0696 e. The third-order valence-corrected chi connectivity index (χ3v) is 0.734. The lowest BCUT2D eigenvalue weighted by Crippen LogP contribution is -1.99. The fraction of sp³-hybridized carbons (Fsp3) is 0.667. The van der Waals surface area contributed by atoms with Gasteiger partial charge in [0.15, 0.2) is 0 Å². The summed E-state index contributed by atoms with van der Waals surface area (Å²) in [5, 5.41) is 8.38. The molecule has 1 N–H and O–H groups in total. The van der Waals surface area contributed by atoms with Crippen LogP contribution in [0.5, 0.6) is 0 Å². The van der Waals surface area contributed by atoms with Gasteiger partial charge in [-0.05, 0) is 12.5 Å². The summed E-state index contributed by atoms with van der Waals surface area (Å²) in [6.07, 6.45) is 0. The van der Waals surface area contributed by atoms with Gasteiger partial charge >= 0.3 is 0 Å². The van der Waals surface area contributed by atoms with Gasteiger partial charge in [-0.2, -0.15) is 0 Å². The molecule has 8 heavy (non-hydrogen) atoms. The topological polar surface area (TPSA) is 29.5 Å². The molecule has 0 amide bonds. The molecule has 0 aliphatic heterocycles. The lowest BCUT2D eigenvalue weighted by atomic mass is 10.3. The zero-order chi connectivity index (χ0) is 6.41. The number of aliphatic hydroxyl groups excluding tert-OH is 1. The maximum absolute atomic E-state index is 8.38. The van der Waals surface area contributed by atoms with Crippen LogP contribution in [0.3, 0.4) is 0 Å². The molecule has 0 aromatic carbocycles. The first-order chi connectivity index (χ1) is 3.81. The van der Waals surface area contributed by atoms with Crippen LogP contribution in [0.4, 0.5) is 0 Å². The van der Waals surface area contributed by atoms with Crippen molar-refractivity contribution in [3.8, 4) is 0 Å². The van der Waals surface area contributed by atoms with Gasteiger partial charge in [0.1, 0.15) is 0 Å². The Morgan fingerprint density at radius 1 is 1.75 bits per heavy atom. The summed E-state index contributed by atoms with van der Waals surface area (Å²) in [5.41, 5.74) is 0.729. The van der Waals surface area contributed by atoms with Crippen LogP contribution in [0, 0.1) is 0 Å². The van der Waals surface area contributed by atoms with Gasteiger partial charge in [-0.15, -0.1) is 0 Å². The lowest BCUT2D eigenvalue weighted by Gasteiger charge is -1.99.